The summed E-state index contributed by atoms with van der Waals surface area (Å²) < 4.78 is 1.96. The summed E-state index contributed by atoms with van der Waals surface area (Å²) >= 11 is 0. The Kier molecular flexibility index (Phi) is 6.45. The van der Waals surface area contributed by atoms with Crippen LogP contribution in [0.5, 0.6) is 0 Å². The summed E-state index contributed by atoms with van der Waals surface area (Å²) in [4.78, 5) is 17.2. The Hall–Kier alpha value is -1.43. The van der Waals surface area contributed by atoms with Crippen LogP contribution in [0.15, 0.2) is 6.20 Å². The number of likely N-dealkylation sites (tertiary alicyclic amines) is 1. The molecule has 1 aliphatic carbocycles. The molecular formula is C19H33N5O. The van der Waals surface area contributed by atoms with Gasteiger partial charge in [0.15, 0.2) is 0 Å². The maximum Gasteiger partial charge on any atom is 0.225 e. The first kappa shape index (κ1) is 18.4. The van der Waals surface area contributed by atoms with E-state index in [2.05, 4.69) is 20.1 Å². The van der Waals surface area contributed by atoms with Crippen molar-refractivity contribution in [2.45, 2.75) is 64.5 Å². The Balaban J connectivity index is 1.53. The van der Waals surface area contributed by atoms with Crippen molar-refractivity contribution in [3.8, 4) is 0 Å². The number of piperidine rings is 1. The first-order chi connectivity index (χ1) is 12.1. The second-order valence-electron chi connectivity index (χ2n) is 8.15. The topological polar surface area (TPSA) is 54.3 Å². The molecule has 0 N–H and O–H groups in total. The van der Waals surface area contributed by atoms with Gasteiger partial charge in [0.05, 0.1) is 5.69 Å². The number of hydrogen-bond acceptors (Lipinski definition) is 4. The van der Waals surface area contributed by atoms with Crippen LogP contribution >= 0.6 is 0 Å². The van der Waals surface area contributed by atoms with E-state index in [0.717, 1.165) is 51.1 Å². The number of hydrogen-bond donors (Lipinski definition) is 0. The molecule has 1 atom stereocenters. The maximum absolute atomic E-state index is 12.9. The van der Waals surface area contributed by atoms with Crippen LogP contribution < -0.4 is 0 Å². The van der Waals surface area contributed by atoms with Crippen molar-refractivity contribution < 1.29 is 4.79 Å². The average Bonchev–Trinajstić information content (AvgIpc) is 2.85. The van der Waals surface area contributed by atoms with Gasteiger partial charge in [-0.3, -0.25) is 9.48 Å². The standard InChI is InChI=1S/C19H33N5O/c1-22(2)14-18-15-24(21-20-18)13-16-8-7-11-23(12-16)19(25)17-9-5-3-4-6-10-17/h15-17H,3-14H2,1-2H3. The van der Waals surface area contributed by atoms with Crippen LogP contribution in [0.1, 0.15) is 57.1 Å². The lowest BCUT2D eigenvalue weighted by molar-refractivity contribution is -0.138. The Morgan fingerprint density at radius 2 is 1.92 bits per heavy atom. The number of aromatic nitrogens is 3. The van der Waals surface area contributed by atoms with Gasteiger partial charge in [0.1, 0.15) is 0 Å². The van der Waals surface area contributed by atoms with E-state index in [9.17, 15) is 4.79 Å². The Morgan fingerprint density at radius 3 is 2.64 bits per heavy atom. The minimum absolute atomic E-state index is 0.277. The fourth-order valence-corrected chi connectivity index (χ4v) is 4.29. The van der Waals surface area contributed by atoms with E-state index < -0.39 is 0 Å². The summed E-state index contributed by atoms with van der Waals surface area (Å²) in [7, 11) is 4.08. The minimum atomic E-state index is 0.277. The first-order valence-corrected chi connectivity index (χ1v) is 9.94. The summed E-state index contributed by atoms with van der Waals surface area (Å²) in [6.45, 7) is 3.51. The van der Waals surface area contributed by atoms with Gasteiger partial charge in [-0.1, -0.05) is 30.9 Å². The molecule has 3 rings (SSSR count). The highest BCUT2D eigenvalue weighted by molar-refractivity contribution is 5.79. The van der Waals surface area contributed by atoms with Crippen molar-refractivity contribution in [2.75, 3.05) is 27.2 Å². The molecule has 6 nitrogen and oxygen atoms in total. The lowest BCUT2D eigenvalue weighted by Gasteiger charge is -2.34. The molecule has 6 heteroatoms. The maximum atomic E-state index is 12.9. The summed E-state index contributed by atoms with van der Waals surface area (Å²) in [5.74, 6) is 1.19. The molecule has 1 aromatic rings. The number of amides is 1. The zero-order valence-electron chi connectivity index (χ0n) is 15.9. The molecular weight excluding hydrogens is 314 g/mol. The normalized spacial score (nSPS) is 23.0. The average molecular weight is 348 g/mol. The van der Waals surface area contributed by atoms with Gasteiger partial charge >= 0.3 is 0 Å². The highest BCUT2D eigenvalue weighted by Crippen LogP contribution is 2.27. The monoisotopic (exact) mass is 347 g/mol. The summed E-state index contributed by atoms with van der Waals surface area (Å²) in [6, 6.07) is 0. The van der Waals surface area contributed by atoms with Crippen LogP contribution in [0, 0.1) is 11.8 Å². The molecule has 1 aliphatic heterocycles. The molecule has 1 saturated heterocycles. The smallest absolute Gasteiger partial charge is 0.225 e. The van der Waals surface area contributed by atoms with E-state index in [-0.39, 0.29) is 5.92 Å². The molecule has 1 saturated carbocycles. The Labute approximate surface area is 151 Å². The molecule has 0 bridgehead atoms. The fraction of sp³-hybridized carbons (Fsp3) is 0.842. The molecule has 2 heterocycles. The highest BCUT2D eigenvalue weighted by Gasteiger charge is 2.29. The third-order valence-corrected chi connectivity index (χ3v) is 5.54. The predicted molar refractivity (Wildman–Crippen MR) is 97.9 cm³/mol. The van der Waals surface area contributed by atoms with Gasteiger partial charge in [0.2, 0.25) is 5.91 Å². The van der Waals surface area contributed by atoms with Gasteiger partial charge in [0, 0.05) is 38.3 Å². The second kappa shape index (κ2) is 8.79. The third-order valence-electron chi connectivity index (χ3n) is 5.54. The fourth-order valence-electron chi connectivity index (χ4n) is 4.29. The first-order valence-electron chi connectivity index (χ1n) is 9.94. The number of nitrogens with zero attached hydrogens (tertiary/aromatic N) is 5. The summed E-state index contributed by atoms with van der Waals surface area (Å²) in [5.41, 5.74) is 1.01. The molecule has 1 aromatic heterocycles. The van der Waals surface area contributed by atoms with Crippen LogP contribution in [-0.2, 0) is 17.9 Å². The van der Waals surface area contributed by atoms with Crippen molar-refractivity contribution in [1.82, 2.24) is 24.8 Å². The van der Waals surface area contributed by atoms with Crippen molar-refractivity contribution in [3.63, 3.8) is 0 Å². The van der Waals surface area contributed by atoms with Crippen molar-refractivity contribution in [1.29, 1.82) is 0 Å². The van der Waals surface area contributed by atoms with Gasteiger partial charge in [-0.15, -0.1) is 5.10 Å². The lowest BCUT2D eigenvalue weighted by atomic mass is 9.94. The van der Waals surface area contributed by atoms with E-state index >= 15 is 0 Å². The number of rotatable bonds is 5. The van der Waals surface area contributed by atoms with Crippen LogP contribution in [0.3, 0.4) is 0 Å². The zero-order valence-corrected chi connectivity index (χ0v) is 15.9. The molecule has 0 spiro atoms. The number of carbonyl (C=O) groups is 1. The van der Waals surface area contributed by atoms with Crippen molar-refractivity contribution in [2.24, 2.45) is 11.8 Å². The quantitative estimate of drug-likeness (QED) is 0.768. The molecule has 1 amide bonds. The molecule has 0 radical (unpaired) electrons. The van der Waals surface area contributed by atoms with Crippen LogP contribution in [-0.4, -0.2) is 57.9 Å². The largest absolute Gasteiger partial charge is 0.342 e. The van der Waals surface area contributed by atoms with E-state index in [0.29, 0.717) is 11.8 Å². The zero-order chi connectivity index (χ0) is 17.6. The number of carbonyl (C=O) groups excluding carboxylic acids is 1. The van der Waals surface area contributed by atoms with Gasteiger partial charge in [0.25, 0.3) is 0 Å². The molecule has 1 unspecified atom stereocenters. The van der Waals surface area contributed by atoms with Crippen LogP contribution in [0.2, 0.25) is 0 Å². The molecule has 140 valence electrons. The molecule has 2 aliphatic rings. The Bertz CT molecular complexity index is 548. The van der Waals surface area contributed by atoms with E-state index in [1.54, 1.807) is 0 Å². The second-order valence-corrected chi connectivity index (χ2v) is 8.15. The summed E-state index contributed by atoms with van der Waals surface area (Å²) in [6.07, 6.45) is 11.6. The van der Waals surface area contributed by atoms with Crippen molar-refractivity contribution >= 4 is 5.91 Å². The van der Waals surface area contributed by atoms with Gasteiger partial charge < -0.3 is 9.80 Å². The predicted octanol–water partition coefficient (Wildman–Crippen LogP) is 2.55. The third kappa shape index (κ3) is 5.27. The van der Waals surface area contributed by atoms with Crippen molar-refractivity contribution in [3.05, 3.63) is 11.9 Å². The minimum Gasteiger partial charge on any atom is -0.342 e. The van der Waals surface area contributed by atoms with E-state index in [1.807, 2.05) is 25.0 Å². The SMILES string of the molecule is CN(C)Cc1cn(CC2CCCN(C(=O)C3CCCCCC3)C2)nn1. The Morgan fingerprint density at radius 1 is 1.16 bits per heavy atom. The van der Waals surface area contributed by atoms with Gasteiger partial charge in [-0.05, 0) is 45.7 Å². The van der Waals surface area contributed by atoms with E-state index in [1.165, 1.54) is 32.1 Å². The highest BCUT2D eigenvalue weighted by atomic mass is 16.2. The van der Waals surface area contributed by atoms with Gasteiger partial charge in [-0.2, -0.15) is 0 Å². The van der Waals surface area contributed by atoms with Crippen LogP contribution in [0.25, 0.3) is 0 Å². The van der Waals surface area contributed by atoms with Gasteiger partial charge in [-0.25, -0.2) is 0 Å². The molecule has 0 aromatic carbocycles. The summed E-state index contributed by atoms with van der Waals surface area (Å²) in [5, 5.41) is 8.52. The van der Waals surface area contributed by atoms with Crippen LogP contribution in [0.4, 0.5) is 0 Å². The van der Waals surface area contributed by atoms with E-state index in [4.69, 9.17) is 0 Å². The lowest BCUT2D eigenvalue weighted by Crippen LogP contribution is -2.44. The molecule has 25 heavy (non-hydrogen) atoms. The molecule has 2 fully saturated rings.